The Morgan fingerprint density at radius 2 is 2.00 bits per heavy atom. The maximum Gasteiger partial charge on any atom is 0.271 e. The van der Waals surface area contributed by atoms with E-state index in [2.05, 4.69) is 15.7 Å². The summed E-state index contributed by atoms with van der Waals surface area (Å²) in [5.41, 5.74) is 1.22. The van der Waals surface area contributed by atoms with Gasteiger partial charge in [-0.25, -0.2) is 4.39 Å². The first kappa shape index (κ1) is 14.7. The van der Waals surface area contributed by atoms with Gasteiger partial charge in [0.15, 0.2) is 0 Å². The number of hydrogen-bond donors (Lipinski definition) is 2. The molecule has 0 aliphatic heterocycles. The van der Waals surface area contributed by atoms with E-state index in [1.165, 1.54) is 29.9 Å². The number of halogens is 1. The van der Waals surface area contributed by atoms with Gasteiger partial charge in [-0.05, 0) is 25.1 Å². The van der Waals surface area contributed by atoms with Crippen molar-refractivity contribution >= 4 is 17.5 Å². The summed E-state index contributed by atoms with van der Waals surface area (Å²) < 4.78 is 14.5. The van der Waals surface area contributed by atoms with Crippen molar-refractivity contribution in [1.82, 2.24) is 15.1 Å². The maximum atomic E-state index is 13.2. The number of aromatic nitrogens is 2. The second kappa shape index (κ2) is 5.74. The zero-order valence-electron chi connectivity index (χ0n) is 11.9. The first-order chi connectivity index (χ1) is 9.93. The number of carbonyl (C=O) groups is 2. The molecule has 2 N–H and O–H groups in total. The molecule has 2 aromatic rings. The number of aryl methyl sites for hydroxylation is 2. The van der Waals surface area contributed by atoms with Gasteiger partial charge in [0.05, 0.1) is 11.4 Å². The van der Waals surface area contributed by atoms with Gasteiger partial charge in [0, 0.05) is 19.7 Å². The molecule has 0 bridgehead atoms. The van der Waals surface area contributed by atoms with Crippen LogP contribution in [0, 0.1) is 12.7 Å². The summed E-state index contributed by atoms with van der Waals surface area (Å²) in [7, 11) is 3.10. The highest BCUT2D eigenvalue weighted by molar-refractivity contribution is 6.08. The molecule has 1 aromatic carbocycles. The Kier molecular flexibility index (Phi) is 4.02. The van der Waals surface area contributed by atoms with Gasteiger partial charge < -0.3 is 10.6 Å². The molecule has 0 aliphatic rings. The summed E-state index contributed by atoms with van der Waals surface area (Å²) in [6.07, 6.45) is 0. The number of nitrogens with one attached hydrogen (secondary N) is 2. The van der Waals surface area contributed by atoms with E-state index in [0.717, 1.165) is 6.07 Å². The van der Waals surface area contributed by atoms with Crippen LogP contribution < -0.4 is 10.6 Å². The predicted octanol–water partition coefficient (Wildman–Crippen LogP) is 1.48. The molecule has 0 saturated heterocycles. The van der Waals surface area contributed by atoms with E-state index in [0.29, 0.717) is 11.4 Å². The van der Waals surface area contributed by atoms with E-state index < -0.39 is 11.7 Å². The fourth-order valence-electron chi connectivity index (χ4n) is 2.00. The highest BCUT2D eigenvalue weighted by Crippen LogP contribution is 2.20. The molecule has 21 heavy (non-hydrogen) atoms. The van der Waals surface area contributed by atoms with Crippen molar-refractivity contribution in [3.8, 4) is 0 Å². The monoisotopic (exact) mass is 290 g/mol. The highest BCUT2D eigenvalue weighted by atomic mass is 19.1. The number of rotatable bonds is 3. The lowest BCUT2D eigenvalue weighted by atomic mass is 10.2. The zero-order chi connectivity index (χ0) is 15.6. The number of amides is 2. The fourth-order valence-corrected chi connectivity index (χ4v) is 2.00. The molecule has 2 rings (SSSR count). The minimum absolute atomic E-state index is 0.168. The topological polar surface area (TPSA) is 76.0 Å². The minimum atomic E-state index is -0.504. The van der Waals surface area contributed by atoms with Crippen molar-refractivity contribution in [3.05, 3.63) is 47.0 Å². The molecule has 0 atom stereocenters. The van der Waals surface area contributed by atoms with Crippen LogP contribution in [0.25, 0.3) is 0 Å². The molecule has 0 unspecified atom stereocenters. The average molecular weight is 290 g/mol. The van der Waals surface area contributed by atoms with Crippen LogP contribution in [-0.2, 0) is 7.05 Å². The van der Waals surface area contributed by atoms with Crippen molar-refractivity contribution in [2.45, 2.75) is 6.92 Å². The Morgan fingerprint density at radius 3 is 2.62 bits per heavy atom. The normalized spacial score (nSPS) is 10.3. The van der Waals surface area contributed by atoms with Gasteiger partial charge >= 0.3 is 0 Å². The SMILES string of the molecule is CNC(=O)c1c(NC(=O)c2cccc(F)c2)c(C)nn1C. The van der Waals surface area contributed by atoms with Crippen LogP contribution in [0.3, 0.4) is 0 Å². The Morgan fingerprint density at radius 1 is 1.29 bits per heavy atom. The molecule has 7 heteroatoms. The maximum absolute atomic E-state index is 13.2. The third-order valence-electron chi connectivity index (χ3n) is 2.99. The van der Waals surface area contributed by atoms with E-state index in [4.69, 9.17) is 0 Å². The summed E-state index contributed by atoms with van der Waals surface area (Å²) in [6, 6.07) is 5.31. The lowest BCUT2D eigenvalue weighted by Crippen LogP contribution is -2.23. The van der Waals surface area contributed by atoms with E-state index in [-0.39, 0.29) is 17.2 Å². The molecule has 0 radical (unpaired) electrons. The molecule has 0 aliphatic carbocycles. The second-order valence-electron chi connectivity index (χ2n) is 4.48. The summed E-state index contributed by atoms with van der Waals surface area (Å²) in [5, 5.41) is 9.21. The lowest BCUT2D eigenvalue weighted by molar-refractivity contribution is 0.0954. The van der Waals surface area contributed by atoms with Crippen molar-refractivity contribution < 1.29 is 14.0 Å². The van der Waals surface area contributed by atoms with Gasteiger partial charge in [-0.15, -0.1) is 0 Å². The smallest absolute Gasteiger partial charge is 0.271 e. The molecule has 0 saturated carbocycles. The van der Waals surface area contributed by atoms with Crippen molar-refractivity contribution in [2.24, 2.45) is 7.05 Å². The first-order valence-electron chi connectivity index (χ1n) is 6.26. The standard InChI is InChI=1S/C14H15FN4O2/c1-8-11(12(14(21)16-2)19(3)18-8)17-13(20)9-5-4-6-10(15)7-9/h4-7H,1-3H3,(H,16,21)(H,17,20). The second-order valence-corrected chi connectivity index (χ2v) is 4.48. The summed E-state index contributed by atoms with van der Waals surface area (Å²) in [5.74, 6) is -1.37. The van der Waals surface area contributed by atoms with Crippen LogP contribution in [-0.4, -0.2) is 28.6 Å². The van der Waals surface area contributed by atoms with Crippen molar-refractivity contribution in [3.63, 3.8) is 0 Å². The van der Waals surface area contributed by atoms with Crippen LogP contribution in [0.4, 0.5) is 10.1 Å². The fraction of sp³-hybridized carbons (Fsp3) is 0.214. The number of hydrogen-bond acceptors (Lipinski definition) is 3. The lowest BCUT2D eigenvalue weighted by Gasteiger charge is -2.07. The van der Waals surface area contributed by atoms with Gasteiger partial charge in [0.1, 0.15) is 11.5 Å². The Balaban J connectivity index is 2.35. The van der Waals surface area contributed by atoms with E-state index >= 15 is 0 Å². The number of carbonyl (C=O) groups excluding carboxylic acids is 2. The highest BCUT2D eigenvalue weighted by Gasteiger charge is 2.21. The van der Waals surface area contributed by atoms with E-state index in [1.54, 1.807) is 14.0 Å². The molecule has 1 heterocycles. The minimum Gasteiger partial charge on any atom is -0.354 e. The van der Waals surface area contributed by atoms with Crippen LogP contribution in [0.5, 0.6) is 0 Å². The largest absolute Gasteiger partial charge is 0.354 e. The van der Waals surface area contributed by atoms with Gasteiger partial charge in [0.25, 0.3) is 11.8 Å². The summed E-state index contributed by atoms with van der Waals surface area (Å²) in [6.45, 7) is 1.67. The Labute approximate surface area is 121 Å². The third kappa shape index (κ3) is 2.91. The zero-order valence-corrected chi connectivity index (χ0v) is 11.9. The van der Waals surface area contributed by atoms with Gasteiger partial charge in [-0.3, -0.25) is 14.3 Å². The average Bonchev–Trinajstić information content (AvgIpc) is 2.72. The van der Waals surface area contributed by atoms with Gasteiger partial charge in [-0.1, -0.05) is 6.07 Å². The van der Waals surface area contributed by atoms with Crippen molar-refractivity contribution in [1.29, 1.82) is 0 Å². The van der Waals surface area contributed by atoms with Gasteiger partial charge in [-0.2, -0.15) is 5.10 Å². The number of anilines is 1. The van der Waals surface area contributed by atoms with Crippen LogP contribution in [0.2, 0.25) is 0 Å². The van der Waals surface area contributed by atoms with E-state index in [1.807, 2.05) is 0 Å². The van der Waals surface area contributed by atoms with Crippen LogP contribution >= 0.6 is 0 Å². The van der Waals surface area contributed by atoms with Crippen LogP contribution in [0.1, 0.15) is 26.5 Å². The quantitative estimate of drug-likeness (QED) is 0.899. The Bertz CT molecular complexity index is 709. The first-order valence-corrected chi connectivity index (χ1v) is 6.26. The summed E-state index contributed by atoms with van der Waals surface area (Å²) in [4.78, 5) is 24.0. The Hall–Kier alpha value is -2.70. The predicted molar refractivity (Wildman–Crippen MR) is 75.7 cm³/mol. The van der Waals surface area contributed by atoms with Gasteiger partial charge in [0.2, 0.25) is 0 Å². The molecule has 110 valence electrons. The number of benzene rings is 1. The molecular formula is C14H15FN4O2. The number of nitrogens with zero attached hydrogens (tertiary/aromatic N) is 2. The van der Waals surface area contributed by atoms with Crippen LogP contribution in [0.15, 0.2) is 24.3 Å². The molecule has 6 nitrogen and oxygen atoms in total. The molecule has 2 amide bonds. The third-order valence-corrected chi connectivity index (χ3v) is 2.99. The summed E-state index contributed by atoms with van der Waals surface area (Å²) >= 11 is 0. The van der Waals surface area contributed by atoms with E-state index in [9.17, 15) is 14.0 Å². The van der Waals surface area contributed by atoms with Crippen molar-refractivity contribution in [2.75, 3.05) is 12.4 Å². The molecule has 1 aromatic heterocycles. The molecule has 0 fully saturated rings. The molecular weight excluding hydrogens is 275 g/mol. The molecule has 0 spiro atoms.